The highest BCUT2D eigenvalue weighted by atomic mass is 19.1. The summed E-state index contributed by atoms with van der Waals surface area (Å²) in [6.07, 6.45) is 6.49. The van der Waals surface area contributed by atoms with E-state index in [1.54, 1.807) is 18.3 Å². The molecule has 3 rings (SSSR count). The normalized spacial score (nSPS) is 12.7. The molecule has 4 heteroatoms. The molecule has 1 unspecified atom stereocenters. The molecule has 1 heterocycles. The number of imidazole rings is 1. The molecule has 3 aromatic rings. The molecule has 27 heavy (non-hydrogen) atoms. The van der Waals surface area contributed by atoms with Crippen LogP contribution in [0.15, 0.2) is 67.3 Å². The summed E-state index contributed by atoms with van der Waals surface area (Å²) in [6, 6.07) is 15.1. The van der Waals surface area contributed by atoms with Gasteiger partial charge in [-0.15, -0.1) is 0 Å². The number of hydrogen-bond donors (Lipinski definition) is 0. The van der Waals surface area contributed by atoms with Crippen molar-refractivity contribution in [3.8, 4) is 5.75 Å². The van der Waals surface area contributed by atoms with E-state index in [1.165, 1.54) is 23.3 Å². The third-order valence-corrected chi connectivity index (χ3v) is 4.79. The summed E-state index contributed by atoms with van der Waals surface area (Å²) in [4.78, 5) is 4.15. The predicted octanol–water partition coefficient (Wildman–Crippen LogP) is 5.57. The fourth-order valence-corrected chi connectivity index (χ4v) is 3.12. The molecule has 3 nitrogen and oxygen atoms in total. The fourth-order valence-electron chi connectivity index (χ4n) is 3.12. The van der Waals surface area contributed by atoms with Crippen molar-refractivity contribution in [2.75, 3.05) is 6.61 Å². The van der Waals surface area contributed by atoms with Gasteiger partial charge in [-0.1, -0.05) is 45.0 Å². The lowest BCUT2D eigenvalue weighted by Crippen LogP contribution is -2.14. The van der Waals surface area contributed by atoms with Crippen molar-refractivity contribution in [1.82, 2.24) is 9.55 Å². The fraction of sp³-hybridized carbons (Fsp3) is 0.348. The van der Waals surface area contributed by atoms with Crippen molar-refractivity contribution in [3.63, 3.8) is 0 Å². The number of halogens is 1. The Hall–Kier alpha value is -2.62. The lowest BCUT2D eigenvalue weighted by atomic mass is 9.85. The van der Waals surface area contributed by atoms with Gasteiger partial charge in [0.2, 0.25) is 0 Å². The molecule has 1 aromatic heterocycles. The van der Waals surface area contributed by atoms with Gasteiger partial charge >= 0.3 is 0 Å². The number of aromatic nitrogens is 2. The zero-order chi connectivity index (χ0) is 19.3. The number of hydrogen-bond acceptors (Lipinski definition) is 2. The van der Waals surface area contributed by atoms with Gasteiger partial charge in [-0.05, 0) is 47.2 Å². The van der Waals surface area contributed by atoms with E-state index < -0.39 is 0 Å². The van der Waals surface area contributed by atoms with Gasteiger partial charge in [0.15, 0.2) is 0 Å². The van der Waals surface area contributed by atoms with Crippen LogP contribution in [-0.2, 0) is 12.0 Å². The van der Waals surface area contributed by atoms with Crippen molar-refractivity contribution in [3.05, 3.63) is 84.2 Å². The molecule has 0 aliphatic rings. The van der Waals surface area contributed by atoms with Crippen LogP contribution < -0.4 is 4.74 Å². The SMILES string of the molecule is CC(C)(C)c1ccc(C(CCOc2ccc(F)cc2)Cn2ccnc2)cc1. The molecule has 1 atom stereocenters. The van der Waals surface area contributed by atoms with E-state index in [4.69, 9.17) is 4.74 Å². The smallest absolute Gasteiger partial charge is 0.123 e. The molecule has 0 fully saturated rings. The minimum absolute atomic E-state index is 0.143. The summed E-state index contributed by atoms with van der Waals surface area (Å²) in [7, 11) is 0. The Balaban J connectivity index is 1.69. The van der Waals surface area contributed by atoms with E-state index in [9.17, 15) is 4.39 Å². The van der Waals surface area contributed by atoms with E-state index in [0.29, 0.717) is 18.3 Å². The van der Waals surface area contributed by atoms with Crippen LogP contribution in [0.3, 0.4) is 0 Å². The molecule has 0 amide bonds. The monoisotopic (exact) mass is 366 g/mol. The Bertz CT molecular complexity index is 818. The maximum atomic E-state index is 13.0. The molecule has 0 saturated heterocycles. The van der Waals surface area contributed by atoms with Crippen LogP contribution in [0.1, 0.15) is 44.2 Å². The number of benzene rings is 2. The first-order chi connectivity index (χ1) is 12.9. The van der Waals surface area contributed by atoms with Gasteiger partial charge in [-0.2, -0.15) is 0 Å². The van der Waals surface area contributed by atoms with Crippen LogP contribution in [0.25, 0.3) is 0 Å². The third kappa shape index (κ3) is 5.43. The predicted molar refractivity (Wildman–Crippen MR) is 107 cm³/mol. The Labute approximate surface area is 160 Å². The topological polar surface area (TPSA) is 27.1 Å². The van der Waals surface area contributed by atoms with E-state index in [0.717, 1.165) is 13.0 Å². The van der Waals surface area contributed by atoms with Crippen LogP contribution in [0.2, 0.25) is 0 Å². The van der Waals surface area contributed by atoms with Crippen LogP contribution in [0, 0.1) is 5.82 Å². The first-order valence-corrected chi connectivity index (χ1v) is 9.36. The highest BCUT2D eigenvalue weighted by Crippen LogP contribution is 2.27. The molecule has 0 bridgehead atoms. The van der Waals surface area contributed by atoms with Gasteiger partial charge in [0, 0.05) is 24.9 Å². The maximum absolute atomic E-state index is 13.0. The highest BCUT2D eigenvalue weighted by molar-refractivity contribution is 5.29. The standard InChI is InChI=1S/C23H27FN2O/c1-23(2,3)20-6-4-18(5-7-20)19(16-26-14-13-25-17-26)12-15-27-22-10-8-21(24)9-11-22/h4-11,13-14,17,19H,12,15-16H2,1-3H3. The molecule has 0 saturated carbocycles. The van der Waals surface area contributed by atoms with Gasteiger partial charge in [0.25, 0.3) is 0 Å². The van der Waals surface area contributed by atoms with Gasteiger partial charge < -0.3 is 9.30 Å². The van der Waals surface area contributed by atoms with E-state index in [1.807, 2.05) is 12.5 Å². The van der Waals surface area contributed by atoms with Crippen molar-refractivity contribution < 1.29 is 9.13 Å². The van der Waals surface area contributed by atoms with Gasteiger partial charge in [-0.3, -0.25) is 0 Å². The molecular weight excluding hydrogens is 339 g/mol. The third-order valence-electron chi connectivity index (χ3n) is 4.79. The largest absolute Gasteiger partial charge is 0.494 e. The minimum Gasteiger partial charge on any atom is -0.494 e. The second-order valence-corrected chi connectivity index (χ2v) is 7.92. The summed E-state index contributed by atoms with van der Waals surface area (Å²) in [5, 5.41) is 0. The first-order valence-electron chi connectivity index (χ1n) is 9.36. The van der Waals surface area contributed by atoms with Gasteiger partial charge in [-0.25, -0.2) is 9.37 Å². The molecule has 142 valence electrons. The Kier molecular flexibility index (Phi) is 5.94. The molecule has 0 aliphatic carbocycles. The highest BCUT2D eigenvalue weighted by Gasteiger charge is 2.16. The van der Waals surface area contributed by atoms with Gasteiger partial charge in [0.1, 0.15) is 11.6 Å². The number of nitrogens with zero attached hydrogens (tertiary/aromatic N) is 2. The summed E-state index contributed by atoms with van der Waals surface area (Å²) in [6.45, 7) is 8.10. The van der Waals surface area contributed by atoms with Crippen molar-refractivity contribution in [2.45, 2.75) is 45.1 Å². The van der Waals surface area contributed by atoms with Crippen molar-refractivity contribution in [2.24, 2.45) is 0 Å². The lowest BCUT2D eigenvalue weighted by Gasteiger charge is -2.22. The Morgan fingerprint density at radius 2 is 1.74 bits per heavy atom. The average molecular weight is 366 g/mol. The van der Waals surface area contributed by atoms with Crippen molar-refractivity contribution >= 4 is 0 Å². The van der Waals surface area contributed by atoms with Crippen LogP contribution in [0.5, 0.6) is 5.75 Å². The summed E-state index contributed by atoms with van der Waals surface area (Å²) in [5.41, 5.74) is 2.76. The lowest BCUT2D eigenvalue weighted by molar-refractivity contribution is 0.290. The summed E-state index contributed by atoms with van der Waals surface area (Å²) in [5.74, 6) is 0.758. The molecular formula is C23H27FN2O. The number of ether oxygens (including phenoxy) is 1. The Morgan fingerprint density at radius 3 is 2.33 bits per heavy atom. The minimum atomic E-state index is -0.251. The quantitative estimate of drug-likeness (QED) is 0.546. The van der Waals surface area contributed by atoms with E-state index in [2.05, 4.69) is 54.6 Å². The second-order valence-electron chi connectivity index (χ2n) is 7.92. The molecule has 0 N–H and O–H groups in total. The van der Waals surface area contributed by atoms with Crippen molar-refractivity contribution in [1.29, 1.82) is 0 Å². The van der Waals surface area contributed by atoms with E-state index in [-0.39, 0.29) is 11.2 Å². The van der Waals surface area contributed by atoms with Gasteiger partial charge in [0.05, 0.1) is 12.9 Å². The molecule has 0 spiro atoms. The zero-order valence-corrected chi connectivity index (χ0v) is 16.2. The molecule has 0 radical (unpaired) electrons. The summed E-state index contributed by atoms with van der Waals surface area (Å²) >= 11 is 0. The van der Waals surface area contributed by atoms with Crippen LogP contribution >= 0.6 is 0 Å². The van der Waals surface area contributed by atoms with Crippen LogP contribution in [-0.4, -0.2) is 16.2 Å². The number of rotatable bonds is 7. The first kappa shape index (κ1) is 19.2. The van der Waals surface area contributed by atoms with Crippen LogP contribution in [0.4, 0.5) is 4.39 Å². The average Bonchev–Trinajstić information content (AvgIpc) is 3.15. The molecule has 0 aliphatic heterocycles. The maximum Gasteiger partial charge on any atom is 0.123 e. The summed E-state index contributed by atoms with van der Waals surface area (Å²) < 4.78 is 20.9. The van der Waals surface area contributed by atoms with E-state index >= 15 is 0 Å². The molecule has 2 aromatic carbocycles. The zero-order valence-electron chi connectivity index (χ0n) is 16.2. The second kappa shape index (κ2) is 8.38. The Morgan fingerprint density at radius 1 is 1.04 bits per heavy atom.